The summed E-state index contributed by atoms with van der Waals surface area (Å²) in [6.45, 7) is 0. The van der Waals surface area contributed by atoms with Crippen LogP contribution in [0.15, 0.2) is 30.3 Å². The van der Waals surface area contributed by atoms with Crippen molar-refractivity contribution in [2.75, 3.05) is 0 Å². The Labute approximate surface area is 110 Å². The van der Waals surface area contributed by atoms with Crippen LogP contribution >= 0.6 is 0 Å². The maximum absolute atomic E-state index is 11.9. The van der Waals surface area contributed by atoms with Gasteiger partial charge < -0.3 is 9.67 Å². The summed E-state index contributed by atoms with van der Waals surface area (Å²) in [5, 5.41) is 9.33. The molecule has 0 atom stereocenters. The van der Waals surface area contributed by atoms with Gasteiger partial charge in [-0.1, -0.05) is 30.3 Å². The highest BCUT2D eigenvalue weighted by molar-refractivity contribution is 6.10. The van der Waals surface area contributed by atoms with Gasteiger partial charge in [-0.15, -0.1) is 0 Å². The molecule has 1 aliphatic rings. The summed E-state index contributed by atoms with van der Waals surface area (Å²) in [6.07, 6.45) is 1.03. The number of Topliss-reactive ketones (excluding diaryl/α,β-unsaturated/α-hetero) is 1. The Kier molecular flexibility index (Phi) is 2.52. The Morgan fingerprint density at radius 2 is 1.89 bits per heavy atom. The summed E-state index contributed by atoms with van der Waals surface area (Å²) in [6, 6.07) is 9.60. The minimum absolute atomic E-state index is 0.0646. The Morgan fingerprint density at radius 1 is 1.21 bits per heavy atom. The molecule has 4 heteroatoms. The lowest BCUT2D eigenvalue weighted by Crippen LogP contribution is -2.10. The predicted molar refractivity (Wildman–Crippen MR) is 70.5 cm³/mol. The lowest BCUT2D eigenvalue weighted by atomic mass is 10.1. The highest BCUT2D eigenvalue weighted by Crippen LogP contribution is 2.36. The molecule has 0 unspecified atom stereocenters. The average molecular weight is 255 g/mol. The number of carbonyl (C=O) groups is 2. The van der Waals surface area contributed by atoms with Gasteiger partial charge in [0.05, 0.1) is 11.3 Å². The minimum atomic E-state index is -1.05. The highest BCUT2D eigenvalue weighted by Gasteiger charge is 2.33. The van der Waals surface area contributed by atoms with Gasteiger partial charge in [-0.3, -0.25) is 4.79 Å². The van der Waals surface area contributed by atoms with Gasteiger partial charge in [0.25, 0.3) is 0 Å². The fraction of sp³-hybridized carbons (Fsp3) is 0.200. The molecule has 1 heterocycles. The van der Waals surface area contributed by atoms with E-state index in [1.807, 2.05) is 30.3 Å². The quantitative estimate of drug-likeness (QED) is 0.897. The lowest BCUT2D eigenvalue weighted by molar-refractivity contribution is 0.0682. The standard InChI is InChI=1S/C15H13NO3/c1-16-13(9-5-3-2-4-6-9)10-7-8-11(17)12(10)14(16)15(18)19/h2-6H,7-8H2,1H3,(H,18,19). The van der Waals surface area contributed by atoms with Crippen LogP contribution in [0.2, 0.25) is 0 Å². The summed E-state index contributed by atoms with van der Waals surface area (Å²) >= 11 is 0. The van der Waals surface area contributed by atoms with Crippen LogP contribution in [0, 0.1) is 0 Å². The number of rotatable bonds is 2. The average Bonchev–Trinajstić information content (AvgIpc) is 2.88. The monoisotopic (exact) mass is 255 g/mol. The first-order chi connectivity index (χ1) is 9.11. The van der Waals surface area contributed by atoms with E-state index in [9.17, 15) is 14.7 Å². The number of aromatic nitrogens is 1. The van der Waals surface area contributed by atoms with Crippen molar-refractivity contribution in [1.82, 2.24) is 4.57 Å². The molecule has 0 aliphatic heterocycles. The van der Waals surface area contributed by atoms with Crippen LogP contribution in [0.25, 0.3) is 11.3 Å². The number of carbonyl (C=O) groups excluding carboxylic acids is 1. The Morgan fingerprint density at radius 3 is 2.53 bits per heavy atom. The summed E-state index contributed by atoms with van der Waals surface area (Å²) in [5.74, 6) is -1.11. The second kappa shape index (κ2) is 4.09. The van der Waals surface area contributed by atoms with E-state index < -0.39 is 5.97 Å². The van der Waals surface area contributed by atoms with E-state index >= 15 is 0 Å². The van der Waals surface area contributed by atoms with E-state index in [0.717, 1.165) is 16.8 Å². The lowest BCUT2D eigenvalue weighted by Gasteiger charge is -2.07. The zero-order valence-electron chi connectivity index (χ0n) is 10.5. The van der Waals surface area contributed by atoms with Crippen LogP contribution in [0.1, 0.15) is 32.8 Å². The summed E-state index contributed by atoms with van der Waals surface area (Å²) < 4.78 is 1.62. The number of fused-ring (bicyclic) bond motifs is 1. The van der Waals surface area contributed by atoms with Gasteiger partial charge in [0.2, 0.25) is 0 Å². The number of ketones is 1. The third kappa shape index (κ3) is 1.60. The fourth-order valence-electron chi connectivity index (χ4n) is 2.86. The molecular weight excluding hydrogens is 242 g/mol. The number of aromatic carboxylic acids is 1. The van der Waals surface area contributed by atoms with E-state index in [2.05, 4.69) is 0 Å². The SMILES string of the molecule is Cn1c(C(=O)O)c2c(c1-c1ccccc1)CCC2=O. The molecule has 1 aromatic carbocycles. The highest BCUT2D eigenvalue weighted by atomic mass is 16.4. The van der Waals surface area contributed by atoms with Gasteiger partial charge >= 0.3 is 5.97 Å². The molecule has 0 radical (unpaired) electrons. The molecule has 0 amide bonds. The van der Waals surface area contributed by atoms with E-state index in [0.29, 0.717) is 18.4 Å². The van der Waals surface area contributed by atoms with Crippen molar-refractivity contribution < 1.29 is 14.7 Å². The smallest absolute Gasteiger partial charge is 0.353 e. The second-order valence-electron chi connectivity index (χ2n) is 4.70. The molecule has 0 bridgehead atoms. The van der Waals surface area contributed by atoms with Crippen LogP contribution in [-0.4, -0.2) is 21.4 Å². The Balaban J connectivity index is 2.34. The van der Waals surface area contributed by atoms with Crippen molar-refractivity contribution >= 4 is 11.8 Å². The second-order valence-corrected chi connectivity index (χ2v) is 4.70. The summed E-state index contributed by atoms with van der Waals surface area (Å²) in [5.41, 5.74) is 3.17. The van der Waals surface area contributed by atoms with Crippen molar-refractivity contribution in [3.8, 4) is 11.3 Å². The molecular formula is C15H13NO3. The number of hydrogen-bond donors (Lipinski definition) is 1. The number of nitrogens with zero attached hydrogens (tertiary/aromatic N) is 1. The molecule has 96 valence electrons. The van der Waals surface area contributed by atoms with Crippen LogP contribution in [0.5, 0.6) is 0 Å². The first kappa shape index (κ1) is 11.7. The Bertz CT molecular complexity index is 683. The van der Waals surface area contributed by atoms with Crippen molar-refractivity contribution in [2.24, 2.45) is 7.05 Å². The minimum Gasteiger partial charge on any atom is -0.477 e. The largest absolute Gasteiger partial charge is 0.477 e. The Hall–Kier alpha value is -2.36. The van der Waals surface area contributed by atoms with E-state index in [1.165, 1.54) is 0 Å². The normalized spacial score (nSPS) is 13.6. The van der Waals surface area contributed by atoms with Gasteiger partial charge in [0.15, 0.2) is 5.78 Å². The first-order valence-electron chi connectivity index (χ1n) is 6.14. The maximum Gasteiger partial charge on any atom is 0.353 e. The third-order valence-electron chi connectivity index (χ3n) is 3.63. The molecule has 1 N–H and O–H groups in total. The van der Waals surface area contributed by atoms with Crippen LogP contribution in [0.3, 0.4) is 0 Å². The zero-order valence-corrected chi connectivity index (χ0v) is 10.5. The number of benzene rings is 1. The molecule has 0 fully saturated rings. The molecule has 19 heavy (non-hydrogen) atoms. The molecule has 4 nitrogen and oxygen atoms in total. The molecule has 1 aliphatic carbocycles. The van der Waals surface area contributed by atoms with E-state index in [4.69, 9.17) is 0 Å². The number of carboxylic acid groups (broad SMARTS) is 1. The van der Waals surface area contributed by atoms with Gasteiger partial charge in [0, 0.05) is 13.5 Å². The zero-order chi connectivity index (χ0) is 13.6. The third-order valence-corrected chi connectivity index (χ3v) is 3.63. The first-order valence-corrected chi connectivity index (χ1v) is 6.14. The molecule has 1 aromatic heterocycles. The van der Waals surface area contributed by atoms with E-state index in [-0.39, 0.29) is 11.5 Å². The topological polar surface area (TPSA) is 59.3 Å². The molecule has 0 saturated carbocycles. The molecule has 2 aromatic rings. The van der Waals surface area contributed by atoms with Crippen LogP contribution in [0.4, 0.5) is 0 Å². The predicted octanol–water partition coefficient (Wildman–Crippen LogP) is 2.52. The molecule has 3 rings (SSSR count). The summed E-state index contributed by atoms with van der Waals surface area (Å²) in [4.78, 5) is 23.3. The van der Waals surface area contributed by atoms with Crippen molar-refractivity contribution in [3.63, 3.8) is 0 Å². The summed E-state index contributed by atoms with van der Waals surface area (Å²) in [7, 11) is 1.71. The van der Waals surface area contributed by atoms with E-state index in [1.54, 1.807) is 11.6 Å². The number of carboxylic acids is 1. The van der Waals surface area contributed by atoms with Crippen molar-refractivity contribution in [1.29, 1.82) is 0 Å². The van der Waals surface area contributed by atoms with Crippen molar-refractivity contribution in [2.45, 2.75) is 12.8 Å². The van der Waals surface area contributed by atoms with Crippen LogP contribution < -0.4 is 0 Å². The van der Waals surface area contributed by atoms with Crippen LogP contribution in [-0.2, 0) is 13.5 Å². The van der Waals surface area contributed by atoms with Gasteiger partial charge in [0.1, 0.15) is 5.69 Å². The maximum atomic E-state index is 11.9. The molecule has 0 spiro atoms. The van der Waals surface area contributed by atoms with Crippen molar-refractivity contribution in [3.05, 3.63) is 47.2 Å². The molecule has 0 saturated heterocycles. The van der Waals surface area contributed by atoms with Gasteiger partial charge in [-0.05, 0) is 17.5 Å². The fourth-order valence-corrected chi connectivity index (χ4v) is 2.86. The number of hydrogen-bond acceptors (Lipinski definition) is 2. The van der Waals surface area contributed by atoms with Gasteiger partial charge in [-0.2, -0.15) is 0 Å². The van der Waals surface area contributed by atoms with Gasteiger partial charge in [-0.25, -0.2) is 4.79 Å².